The number of carbonyl (C=O) groups is 1. The van der Waals surface area contributed by atoms with E-state index in [0.717, 1.165) is 0 Å². The van der Waals surface area contributed by atoms with Gasteiger partial charge < -0.3 is 14.8 Å². The molecule has 0 aliphatic heterocycles. The van der Waals surface area contributed by atoms with E-state index in [9.17, 15) is 19.3 Å². The lowest BCUT2D eigenvalue weighted by atomic mass is 10.1. The summed E-state index contributed by atoms with van der Waals surface area (Å²) in [5.74, 6) is -0.560. The number of rotatable bonds is 7. The topological polar surface area (TPSA) is 90.7 Å². The van der Waals surface area contributed by atoms with E-state index >= 15 is 0 Å². The number of halogens is 1. The van der Waals surface area contributed by atoms with Crippen LogP contribution in [0, 0.1) is 22.9 Å². The van der Waals surface area contributed by atoms with Gasteiger partial charge in [0.1, 0.15) is 11.6 Å². The molecule has 0 saturated carbocycles. The van der Waals surface area contributed by atoms with Crippen LogP contribution >= 0.6 is 0 Å². The Labute approximate surface area is 143 Å². The van der Waals surface area contributed by atoms with Crippen LogP contribution in [0.4, 0.5) is 10.1 Å². The van der Waals surface area contributed by atoms with Gasteiger partial charge in [-0.05, 0) is 36.2 Å². The molecular formula is C17H17FN2O5. The molecule has 0 fully saturated rings. The third-order valence-corrected chi connectivity index (χ3v) is 3.45. The molecule has 0 saturated heterocycles. The Bertz CT molecular complexity index is 795. The van der Waals surface area contributed by atoms with Crippen molar-refractivity contribution in [2.45, 2.75) is 13.5 Å². The van der Waals surface area contributed by atoms with E-state index in [1.54, 1.807) is 19.1 Å². The smallest absolute Gasteiger partial charge is 0.314 e. The first-order chi connectivity index (χ1) is 11.9. The summed E-state index contributed by atoms with van der Waals surface area (Å²) < 4.78 is 23.6. The molecule has 1 N–H and O–H groups in total. The zero-order valence-electron chi connectivity index (χ0n) is 13.7. The van der Waals surface area contributed by atoms with Gasteiger partial charge in [-0.2, -0.15) is 0 Å². The molecule has 0 spiro atoms. The van der Waals surface area contributed by atoms with Gasteiger partial charge in [0.15, 0.2) is 12.4 Å². The molecule has 0 heterocycles. The van der Waals surface area contributed by atoms with Crippen molar-refractivity contribution in [1.82, 2.24) is 5.32 Å². The largest absolute Gasteiger partial charge is 0.496 e. The molecule has 0 aromatic heterocycles. The maximum Gasteiger partial charge on any atom is 0.314 e. The van der Waals surface area contributed by atoms with Crippen LogP contribution in [-0.2, 0) is 11.3 Å². The predicted octanol–water partition coefficient (Wildman–Crippen LogP) is 2.75. The number of amides is 1. The van der Waals surface area contributed by atoms with Crippen LogP contribution in [0.2, 0.25) is 0 Å². The Morgan fingerprint density at radius 1 is 1.28 bits per heavy atom. The average molecular weight is 348 g/mol. The minimum atomic E-state index is -0.620. The first-order valence-corrected chi connectivity index (χ1v) is 7.37. The molecule has 2 rings (SSSR count). The maximum atomic E-state index is 13.4. The highest BCUT2D eigenvalue weighted by atomic mass is 19.1. The fourth-order valence-corrected chi connectivity index (χ4v) is 2.03. The summed E-state index contributed by atoms with van der Waals surface area (Å²) in [5, 5.41) is 13.6. The fraction of sp³-hybridized carbons (Fsp3) is 0.235. The van der Waals surface area contributed by atoms with E-state index in [2.05, 4.69) is 5.32 Å². The van der Waals surface area contributed by atoms with Crippen molar-refractivity contribution in [3.63, 3.8) is 0 Å². The first-order valence-electron chi connectivity index (χ1n) is 7.37. The van der Waals surface area contributed by atoms with Crippen molar-refractivity contribution in [2.75, 3.05) is 13.7 Å². The number of ether oxygens (including phenoxy) is 2. The van der Waals surface area contributed by atoms with Gasteiger partial charge in [-0.15, -0.1) is 0 Å². The molecule has 0 radical (unpaired) electrons. The zero-order valence-corrected chi connectivity index (χ0v) is 13.7. The summed E-state index contributed by atoms with van der Waals surface area (Å²) in [4.78, 5) is 22.2. The highest BCUT2D eigenvalue weighted by molar-refractivity contribution is 5.77. The van der Waals surface area contributed by atoms with E-state index < -0.39 is 17.4 Å². The van der Waals surface area contributed by atoms with Crippen LogP contribution in [0.15, 0.2) is 36.4 Å². The lowest BCUT2D eigenvalue weighted by Crippen LogP contribution is -2.28. The normalized spacial score (nSPS) is 10.2. The van der Waals surface area contributed by atoms with Gasteiger partial charge in [-0.3, -0.25) is 14.9 Å². The number of hydrogen-bond acceptors (Lipinski definition) is 5. The summed E-state index contributed by atoms with van der Waals surface area (Å²) in [6.07, 6.45) is 0. The van der Waals surface area contributed by atoms with Crippen LogP contribution in [0.3, 0.4) is 0 Å². The summed E-state index contributed by atoms with van der Waals surface area (Å²) >= 11 is 0. The first kappa shape index (κ1) is 18.2. The minimum Gasteiger partial charge on any atom is -0.496 e. The number of carbonyl (C=O) groups excluding carboxylic acids is 1. The van der Waals surface area contributed by atoms with Gasteiger partial charge in [0.25, 0.3) is 5.91 Å². The number of methoxy groups -OCH3 is 1. The number of nitro groups is 1. The summed E-state index contributed by atoms with van der Waals surface area (Å²) in [6, 6.07) is 8.73. The molecule has 2 aromatic carbocycles. The number of nitrogens with zero attached hydrogens (tertiary/aromatic N) is 1. The number of benzene rings is 2. The third kappa shape index (κ3) is 4.90. The molecule has 0 aliphatic rings. The van der Waals surface area contributed by atoms with Gasteiger partial charge >= 0.3 is 5.69 Å². The SMILES string of the molecule is COc1ccc(OCC(=O)NCc2ccc(C)c(F)c2)c([N+](=O)[O-])c1. The molecule has 25 heavy (non-hydrogen) atoms. The highest BCUT2D eigenvalue weighted by Crippen LogP contribution is 2.30. The van der Waals surface area contributed by atoms with E-state index in [1.165, 1.54) is 31.4 Å². The molecule has 0 unspecified atom stereocenters. The fourth-order valence-electron chi connectivity index (χ4n) is 2.03. The van der Waals surface area contributed by atoms with E-state index in [4.69, 9.17) is 9.47 Å². The molecular weight excluding hydrogens is 331 g/mol. The second-order valence-electron chi connectivity index (χ2n) is 5.24. The lowest BCUT2D eigenvalue weighted by Gasteiger charge is -2.09. The van der Waals surface area contributed by atoms with Gasteiger partial charge in [-0.1, -0.05) is 12.1 Å². The Balaban J connectivity index is 1.93. The van der Waals surface area contributed by atoms with E-state index in [0.29, 0.717) is 16.9 Å². The number of nitro benzene ring substituents is 1. The molecule has 0 atom stereocenters. The second kappa shape index (κ2) is 8.09. The van der Waals surface area contributed by atoms with Crippen LogP contribution in [0.5, 0.6) is 11.5 Å². The Morgan fingerprint density at radius 2 is 2.04 bits per heavy atom. The van der Waals surface area contributed by atoms with Gasteiger partial charge in [-0.25, -0.2) is 4.39 Å². The van der Waals surface area contributed by atoms with Gasteiger partial charge in [0, 0.05) is 6.54 Å². The molecule has 8 heteroatoms. The van der Waals surface area contributed by atoms with Crippen molar-refractivity contribution in [3.05, 3.63) is 63.5 Å². The third-order valence-electron chi connectivity index (χ3n) is 3.45. The maximum absolute atomic E-state index is 13.4. The summed E-state index contributed by atoms with van der Waals surface area (Å²) in [7, 11) is 1.39. The second-order valence-corrected chi connectivity index (χ2v) is 5.24. The van der Waals surface area contributed by atoms with E-state index in [1.807, 2.05) is 0 Å². The lowest BCUT2D eigenvalue weighted by molar-refractivity contribution is -0.385. The molecule has 132 valence electrons. The quantitative estimate of drug-likeness (QED) is 0.614. The van der Waals surface area contributed by atoms with Crippen molar-refractivity contribution in [2.24, 2.45) is 0 Å². The Morgan fingerprint density at radius 3 is 2.68 bits per heavy atom. The van der Waals surface area contributed by atoms with Crippen LogP contribution in [0.25, 0.3) is 0 Å². The molecule has 0 aliphatic carbocycles. The van der Waals surface area contributed by atoms with Crippen LogP contribution in [0.1, 0.15) is 11.1 Å². The number of aryl methyl sites for hydroxylation is 1. The van der Waals surface area contributed by atoms with Crippen molar-refractivity contribution < 1.29 is 23.6 Å². The van der Waals surface area contributed by atoms with Gasteiger partial charge in [0.2, 0.25) is 0 Å². The Hall–Kier alpha value is -3.16. The molecule has 2 aromatic rings. The van der Waals surface area contributed by atoms with Crippen LogP contribution in [-0.4, -0.2) is 24.5 Å². The molecule has 0 bridgehead atoms. The standard InChI is InChI=1S/C17H17FN2O5/c1-11-3-4-12(7-14(11)18)9-19-17(21)10-25-16-6-5-13(24-2)8-15(16)20(22)23/h3-8H,9-10H2,1-2H3,(H,19,21). The zero-order chi connectivity index (χ0) is 18.4. The Kier molecular flexibility index (Phi) is 5.89. The summed E-state index contributed by atoms with van der Waals surface area (Å²) in [5.41, 5.74) is 0.824. The molecule has 1 amide bonds. The number of hydrogen-bond donors (Lipinski definition) is 1. The van der Waals surface area contributed by atoms with Crippen molar-refractivity contribution in [3.8, 4) is 11.5 Å². The molecule has 7 nitrogen and oxygen atoms in total. The van der Waals surface area contributed by atoms with E-state index in [-0.39, 0.29) is 23.8 Å². The predicted molar refractivity (Wildman–Crippen MR) is 88.1 cm³/mol. The van der Waals surface area contributed by atoms with Crippen molar-refractivity contribution in [1.29, 1.82) is 0 Å². The van der Waals surface area contributed by atoms with Crippen LogP contribution < -0.4 is 14.8 Å². The monoisotopic (exact) mass is 348 g/mol. The number of nitrogens with one attached hydrogen (secondary N) is 1. The summed E-state index contributed by atoms with van der Waals surface area (Å²) in [6.45, 7) is 1.37. The van der Waals surface area contributed by atoms with Crippen molar-refractivity contribution >= 4 is 11.6 Å². The minimum absolute atomic E-state index is 0.0395. The average Bonchev–Trinajstić information content (AvgIpc) is 2.60. The van der Waals surface area contributed by atoms with Gasteiger partial charge in [0.05, 0.1) is 18.1 Å². The highest BCUT2D eigenvalue weighted by Gasteiger charge is 2.17.